The molecular weight excluding hydrogens is 276 g/mol. The first-order valence-corrected chi connectivity index (χ1v) is 7.11. The number of hydrogen-bond donors (Lipinski definition) is 1. The van der Waals surface area contributed by atoms with Gasteiger partial charge in [-0.05, 0) is 25.3 Å². The fourth-order valence-electron chi connectivity index (χ4n) is 3.13. The van der Waals surface area contributed by atoms with E-state index in [1.165, 1.54) is 0 Å². The van der Waals surface area contributed by atoms with Gasteiger partial charge in [0.1, 0.15) is 11.9 Å². The lowest BCUT2D eigenvalue weighted by Gasteiger charge is -2.37. The maximum absolute atomic E-state index is 11.8. The number of pyridine rings is 1. The normalized spacial score (nSPS) is 25.1. The van der Waals surface area contributed by atoms with Crippen LogP contribution in [0.15, 0.2) is 6.20 Å². The van der Waals surface area contributed by atoms with E-state index in [-0.39, 0.29) is 17.9 Å². The second-order valence-corrected chi connectivity index (χ2v) is 5.70. The maximum Gasteiger partial charge on any atom is 0.225 e. The molecular formula is C14H15ClN4O. The Morgan fingerprint density at radius 3 is 3.15 bits per heavy atom. The van der Waals surface area contributed by atoms with Crippen LogP contribution in [0.25, 0.3) is 0 Å². The number of piperidine rings is 1. The van der Waals surface area contributed by atoms with Gasteiger partial charge in [-0.2, -0.15) is 5.26 Å². The third-order valence-electron chi connectivity index (χ3n) is 4.24. The largest absolute Gasteiger partial charge is 0.354 e. The van der Waals surface area contributed by atoms with Gasteiger partial charge in [-0.3, -0.25) is 4.79 Å². The lowest BCUT2D eigenvalue weighted by Crippen LogP contribution is -2.46. The average molecular weight is 291 g/mol. The fourth-order valence-corrected chi connectivity index (χ4v) is 3.28. The summed E-state index contributed by atoms with van der Waals surface area (Å²) in [5, 5.41) is 12.8. The van der Waals surface area contributed by atoms with E-state index in [1.807, 2.05) is 6.92 Å². The summed E-state index contributed by atoms with van der Waals surface area (Å²) >= 11 is 6.04. The molecule has 0 radical (unpaired) electrons. The van der Waals surface area contributed by atoms with Gasteiger partial charge in [-0.15, -0.1) is 0 Å². The van der Waals surface area contributed by atoms with Gasteiger partial charge < -0.3 is 10.2 Å². The van der Waals surface area contributed by atoms with Gasteiger partial charge in [0.05, 0.1) is 22.5 Å². The molecule has 0 unspecified atom stereocenters. The van der Waals surface area contributed by atoms with Crippen LogP contribution in [-0.2, 0) is 4.79 Å². The number of nitrogens with zero attached hydrogens (tertiary/aromatic N) is 3. The first kappa shape index (κ1) is 13.2. The number of hydrogen-bond acceptors (Lipinski definition) is 4. The number of nitriles is 1. The summed E-state index contributed by atoms with van der Waals surface area (Å²) in [6, 6.07) is 2.29. The van der Waals surface area contributed by atoms with Gasteiger partial charge in [0.2, 0.25) is 5.91 Å². The van der Waals surface area contributed by atoms with E-state index in [0.29, 0.717) is 22.9 Å². The number of fused-ring (bicyclic) bond motifs is 1. The quantitative estimate of drug-likeness (QED) is 0.853. The number of anilines is 1. The zero-order chi connectivity index (χ0) is 14.3. The summed E-state index contributed by atoms with van der Waals surface area (Å²) < 4.78 is 0. The molecule has 0 aliphatic carbocycles. The zero-order valence-corrected chi connectivity index (χ0v) is 11.9. The summed E-state index contributed by atoms with van der Waals surface area (Å²) in [4.78, 5) is 18.3. The number of carbonyl (C=O) groups is 1. The summed E-state index contributed by atoms with van der Waals surface area (Å²) in [5.41, 5.74) is 1.26. The van der Waals surface area contributed by atoms with E-state index in [2.05, 4.69) is 21.3 Å². The Hall–Kier alpha value is -1.80. The molecule has 5 nitrogen and oxygen atoms in total. The number of nitrogens with one attached hydrogen (secondary N) is 1. The molecule has 104 valence electrons. The van der Waals surface area contributed by atoms with Crippen LogP contribution in [-0.4, -0.2) is 30.0 Å². The average Bonchev–Trinajstić information content (AvgIpc) is 2.84. The highest BCUT2D eigenvalue weighted by atomic mass is 35.5. The molecule has 20 heavy (non-hydrogen) atoms. The Balaban J connectivity index is 2.03. The molecule has 1 N–H and O–H groups in total. The number of halogens is 1. The van der Waals surface area contributed by atoms with E-state index in [9.17, 15) is 10.1 Å². The predicted octanol–water partition coefficient (Wildman–Crippen LogP) is 1.63. The van der Waals surface area contributed by atoms with Crippen molar-refractivity contribution in [2.45, 2.75) is 25.8 Å². The van der Waals surface area contributed by atoms with Crippen molar-refractivity contribution in [1.29, 1.82) is 5.26 Å². The minimum atomic E-state index is 0.00748. The van der Waals surface area contributed by atoms with Crippen LogP contribution in [0.1, 0.15) is 24.0 Å². The Morgan fingerprint density at radius 2 is 2.40 bits per heavy atom. The molecule has 0 spiro atoms. The number of aromatic nitrogens is 1. The van der Waals surface area contributed by atoms with Crippen molar-refractivity contribution in [3.63, 3.8) is 0 Å². The van der Waals surface area contributed by atoms with Crippen molar-refractivity contribution in [3.8, 4) is 6.07 Å². The monoisotopic (exact) mass is 290 g/mol. The first-order valence-electron chi connectivity index (χ1n) is 6.73. The molecule has 1 aromatic rings. The Kier molecular flexibility index (Phi) is 3.27. The van der Waals surface area contributed by atoms with Crippen molar-refractivity contribution in [2.75, 3.05) is 18.0 Å². The van der Waals surface area contributed by atoms with E-state index < -0.39 is 0 Å². The third-order valence-corrected chi connectivity index (χ3v) is 4.62. The van der Waals surface area contributed by atoms with Crippen LogP contribution in [0.4, 0.5) is 5.82 Å². The lowest BCUT2D eigenvalue weighted by molar-refractivity contribution is -0.122. The van der Waals surface area contributed by atoms with Crippen molar-refractivity contribution < 1.29 is 4.79 Å². The van der Waals surface area contributed by atoms with Gasteiger partial charge >= 0.3 is 0 Å². The van der Waals surface area contributed by atoms with E-state index >= 15 is 0 Å². The van der Waals surface area contributed by atoms with Crippen LogP contribution in [0.2, 0.25) is 5.02 Å². The molecule has 0 aromatic carbocycles. The smallest absolute Gasteiger partial charge is 0.225 e. The van der Waals surface area contributed by atoms with Crippen LogP contribution in [0.3, 0.4) is 0 Å². The highest BCUT2D eigenvalue weighted by molar-refractivity contribution is 6.31. The standard InChI is InChI=1S/C14H15ClN4O/c1-8-10(5-16)13(17-6-11(8)15)19-4-2-3-9-12(19)7-18-14(9)20/h6,9,12H,2-4,7H2,1H3,(H,18,20)/t9-,12-/m1/s1. The van der Waals surface area contributed by atoms with Crippen LogP contribution < -0.4 is 10.2 Å². The number of carbonyl (C=O) groups excluding carboxylic acids is 1. The molecule has 2 fully saturated rings. The minimum Gasteiger partial charge on any atom is -0.354 e. The van der Waals surface area contributed by atoms with E-state index in [4.69, 9.17) is 11.6 Å². The molecule has 2 saturated heterocycles. The van der Waals surface area contributed by atoms with Crippen molar-refractivity contribution in [2.24, 2.45) is 5.92 Å². The van der Waals surface area contributed by atoms with Gasteiger partial charge in [0, 0.05) is 19.3 Å². The number of rotatable bonds is 1. The second kappa shape index (κ2) is 4.95. The lowest BCUT2D eigenvalue weighted by atomic mass is 9.91. The van der Waals surface area contributed by atoms with Crippen LogP contribution in [0.5, 0.6) is 0 Å². The molecule has 0 saturated carbocycles. The van der Waals surface area contributed by atoms with E-state index in [0.717, 1.165) is 24.9 Å². The summed E-state index contributed by atoms with van der Waals surface area (Å²) in [6.45, 7) is 3.27. The Labute approximate surface area is 122 Å². The summed E-state index contributed by atoms with van der Waals surface area (Å²) in [5.74, 6) is 0.776. The molecule has 2 aliphatic rings. The molecule has 2 atom stereocenters. The predicted molar refractivity (Wildman–Crippen MR) is 75.6 cm³/mol. The number of amides is 1. The van der Waals surface area contributed by atoms with Crippen molar-refractivity contribution in [1.82, 2.24) is 10.3 Å². The van der Waals surface area contributed by atoms with Crippen LogP contribution in [0, 0.1) is 24.2 Å². The summed E-state index contributed by atoms with van der Waals surface area (Å²) in [7, 11) is 0. The topological polar surface area (TPSA) is 69.0 Å². The molecule has 3 heterocycles. The summed E-state index contributed by atoms with van der Waals surface area (Å²) in [6.07, 6.45) is 3.42. The van der Waals surface area contributed by atoms with E-state index in [1.54, 1.807) is 6.20 Å². The van der Waals surface area contributed by atoms with Gasteiger partial charge in [-0.1, -0.05) is 11.6 Å². The van der Waals surface area contributed by atoms with Gasteiger partial charge in [-0.25, -0.2) is 4.98 Å². The third kappa shape index (κ3) is 1.92. The molecule has 3 rings (SSSR count). The first-order chi connectivity index (χ1) is 9.63. The van der Waals surface area contributed by atoms with Crippen molar-refractivity contribution in [3.05, 3.63) is 22.3 Å². The van der Waals surface area contributed by atoms with Gasteiger partial charge in [0.15, 0.2) is 0 Å². The fraction of sp³-hybridized carbons (Fsp3) is 0.500. The van der Waals surface area contributed by atoms with Crippen molar-refractivity contribution >= 4 is 23.3 Å². The molecule has 6 heteroatoms. The van der Waals surface area contributed by atoms with Gasteiger partial charge in [0.25, 0.3) is 0 Å². The minimum absolute atomic E-state index is 0.00748. The second-order valence-electron chi connectivity index (χ2n) is 5.30. The maximum atomic E-state index is 11.8. The molecule has 0 bridgehead atoms. The molecule has 1 amide bonds. The highest BCUT2D eigenvalue weighted by Crippen LogP contribution is 2.34. The molecule has 1 aromatic heterocycles. The SMILES string of the molecule is Cc1c(Cl)cnc(N2CCC[C@H]3C(=O)NC[C@H]32)c1C#N. The Bertz CT molecular complexity index is 610. The van der Waals surface area contributed by atoms with Crippen LogP contribution >= 0.6 is 11.6 Å². The Morgan fingerprint density at radius 1 is 1.60 bits per heavy atom. The highest BCUT2D eigenvalue weighted by Gasteiger charge is 2.42. The molecule has 2 aliphatic heterocycles. The zero-order valence-electron chi connectivity index (χ0n) is 11.2.